The number of benzene rings is 1. The molecule has 0 fully saturated rings. The molecular weight excluding hydrogens is 230 g/mol. The van der Waals surface area contributed by atoms with Crippen molar-refractivity contribution in [3.8, 4) is 11.4 Å². The Kier molecular flexibility index (Phi) is 2.14. The first-order valence-corrected chi connectivity index (χ1v) is 4.66. The number of hydrogen-bond acceptors (Lipinski definition) is 2. The zero-order chi connectivity index (χ0) is 9.26. The van der Waals surface area contributed by atoms with E-state index in [1.54, 1.807) is 11.0 Å². The summed E-state index contributed by atoms with van der Waals surface area (Å²) in [5, 5.41) is 4.01. The Morgan fingerprint density at radius 1 is 1.23 bits per heavy atom. The van der Waals surface area contributed by atoms with Gasteiger partial charge in [0.25, 0.3) is 0 Å². The van der Waals surface area contributed by atoms with Crippen molar-refractivity contribution in [1.29, 1.82) is 0 Å². The number of hydrogen-bond donors (Lipinski definition) is 0. The van der Waals surface area contributed by atoms with Gasteiger partial charge in [-0.1, -0.05) is 28.1 Å². The first-order chi connectivity index (χ1) is 6.27. The molecule has 0 N–H and O–H groups in total. The zero-order valence-electron chi connectivity index (χ0n) is 7.11. The standard InChI is InChI=1S/C9H8BrN3/c1-13-9(11-6-12-13)7-2-4-8(10)5-3-7/h2-6H,1H3. The van der Waals surface area contributed by atoms with Crippen LogP contribution < -0.4 is 0 Å². The summed E-state index contributed by atoms with van der Waals surface area (Å²) in [5.74, 6) is 0.882. The minimum absolute atomic E-state index is 0.882. The Bertz CT molecular complexity index is 405. The lowest BCUT2D eigenvalue weighted by molar-refractivity contribution is 0.774. The fourth-order valence-corrected chi connectivity index (χ4v) is 1.42. The highest BCUT2D eigenvalue weighted by molar-refractivity contribution is 9.10. The number of halogens is 1. The molecule has 0 amide bonds. The lowest BCUT2D eigenvalue weighted by atomic mass is 10.2. The molecule has 0 radical (unpaired) electrons. The molecule has 4 heteroatoms. The van der Waals surface area contributed by atoms with Crippen molar-refractivity contribution >= 4 is 15.9 Å². The van der Waals surface area contributed by atoms with Crippen LogP contribution in [0.5, 0.6) is 0 Å². The van der Waals surface area contributed by atoms with Gasteiger partial charge in [0.15, 0.2) is 5.82 Å². The van der Waals surface area contributed by atoms with E-state index in [4.69, 9.17) is 0 Å². The molecule has 0 unspecified atom stereocenters. The van der Waals surface area contributed by atoms with E-state index < -0.39 is 0 Å². The van der Waals surface area contributed by atoms with Crippen molar-refractivity contribution in [2.45, 2.75) is 0 Å². The highest BCUT2D eigenvalue weighted by Crippen LogP contribution is 2.18. The molecule has 0 spiro atoms. The molecule has 0 saturated carbocycles. The second-order valence-electron chi connectivity index (χ2n) is 2.71. The molecule has 0 saturated heterocycles. The second-order valence-corrected chi connectivity index (χ2v) is 3.63. The number of rotatable bonds is 1. The largest absolute Gasteiger partial charge is 0.249 e. The minimum atomic E-state index is 0.882. The van der Waals surface area contributed by atoms with Crippen molar-refractivity contribution in [1.82, 2.24) is 14.8 Å². The number of aromatic nitrogens is 3. The van der Waals surface area contributed by atoms with Gasteiger partial charge in [-0.2, -0.15) is 5.10 Å². The van der Waals surface area contributed by atoms with Gasteiger partial charge in [0.05, 0.1) is 0 Å². The molecule has 66 valence electrons. The Morgan fingerprint density at radius 2 is 1.92 bits per heavy atom. The van der Waals surface area contributed by atoms with Gasteiger partial charge in [-0.15, -0.1) is 0 Å². The molecular formula is C9H8BrN3. The maximum absolute atomic E-state index is 4.15. The van der Waals surface area contributed by atoms with Gasteiger partial charge in [0.2, 0.25) is 0 Å². The van der Waals surface area contributed by atoms with Crippen molar-refractivity contribution in [2.75, 3.05) is 0 Å². The van der Waals surface area contributed by atoms with Crippen LogP contribution in [0.1, 0.15) is 0 Å². The van der Waals surface area contributed by atoms with Crippen molar-refractivity contribution < 1.29 is 0 Å². The van der Waals surface area contributed by atoms with E-state index >= 15 is 0 Å². The third kappa shape index (κ3) is 1.62. The maximum atomic E-state index is 4.15. The van der Waals surface area contributed by atoms with Gasteiger partial charge in [-0.05, 0) is 12.1 Å². The fraction of sp³-hybridized carbons (Fsp3) is 0.111. The summed E-state index contributed by atoms with van der Waals surface area (Å²) in [7, 11) is 1.88. The molecule has 2 rings (SSSR count). The molecule has 0 aliphatic heterocycles. The van der Waals surface area contributed by atoms with E-state index in [0.29, 0.717) is 0 Å². The van der Waals surface area contributed by atoms with E-state index in [-0.39, 0.29) is 0 Å². The average molecular weight is 238 g/mol. The molecule has 1 heterocycles. The van der Waals surface area contributed by atoms with Crippen LogP contribution in [0, 0.1) is 0 Å². The van der Waals surface area contributed by atoms with Crippen molar-refractivity contribution in [3.05, 3.63) is 35.1 Å². The first-order valence-electron chi connectivity index (χ1n) is 3.87. The van der Waals surface area contributed by atoms with Crippen LogP contribution in [0.2, 0.25) is 0 Å². The average Bonchev–Trinajstić information content (AvgIpc) is 2.53. The topological polar surface area (TPSA) is 30.7 Å². The normalized spacial score (nSPS) is 10.3. The quantitative estimate of drug-likeness (QED) is 0.762. The predicted octanol–water partition coefficient (Wildman–Crippen LogP) is 2.24. The van der Waals surface area contributed by atoms with Gasteiger partial charge >= 0.3 is 0 Å². The molecule has 1 aromatic heterocycles. The SMILES string of the molecule is Cn1ncnc1-c1ccc(Br)cc1. The van der Waals surface area contributed by atoms with Crippen LogP contribution in [-0.2, 0) is 7.05 Å². The van der Waals surface area contributed by atoms with Crippen molar-refractivity contribution in [3.63, 3.8) is 0 Å². The minimum Gasteiger partial charge on any atom is -0.249 e. The molecule has 3 nitrogen and oxygen atoms in total. The van der Waals surface area contributed by atoms with E-state index in [0.717, 1.165) is 15.9 Å². The summed E-state index contributed by atoms with van der Waals surface area (Å²) >= 11 is 3.38. The summed E-state index contributed by atoms with van der Waals surface area (Å²) < 4.78 is 2.82. The summed E-state index contributed by atoms with van der Waals surface area (Å²) in [4.78, 5) is 4.15. The third-order valence-corrected chi connectivity index (χ3v) is 2.34. The Morgan fingerprint density at radius 3 is 2.46 bits per heavy atom. The summed E-state index contributed by atoms with van der Waals surface area (Å²) in [6, 6.07) is 8.00. The third-order valence-electron chi connectivity index (χ3n) is 1.81. The molecule has 0 bridgehead atoms. The van der Waals surface area contributed by atoms with Crippen LogP contribution in [0.25, 0.3) is 11.4 Å². The lowest BCUT2D eigenvalue weighted by Gasteiger charge is -1.99. The summed E-state index contributed by atoms with van der Waals surface area (Å²) in [6.07, 6.45) is 1.55. The molecule has 2 aromatic rings. The van der Waals surface area contributed by atoms with Crippen LogP contribution in [0.4, 0.5) is 0 Å². The molecule has 1 aromatic carbocycles. The first kappa shape index (κ1) is 8.44. The molecule has 0 atom stereocenters. The van der Waals surface area contributed by atoms with E-state index in [2.05, 4.69) is 26.0 Å². The fourth-order valence-electron chi connectivity index (χ4n) is 1.16. The Hall–Kier alpha value is -1.16. The van der Waals surface area contributed by atoms with Crippen LogP contribution in [0.3, 0.4) is 0 Å². The van der Waals surface area contributed by atoms with Gasteiger partial charge in [-0.3, -0.25) is 0 Å². The van der Waals surface area contributed by atoms with Gasteiger partial charge in [0, 0.05) is 17.1 Å². The van der Waals surface area contributed by atoms with E-state index in [9.17, 15) is 0 Å². The Labute approximate surface area is 84.5 Å². The Balaban J connectivity index is 2.47. The second kappa shape index (κ2) is 3.30. The molecule has 0 aliphatic rings. The van der Waals surface area contributed by atoms with Crippen molar-refractivity contribution in [2.24, 2.45) is 7.05 Å². The lowest BCUT2D eigenvalue weighted by Crippen LogP contribution is -1.93. The highest BCUT2D eigenvalue weighted by atomic mass is 79.9. The monoisotopic (exact) mass is 237 g/mol. The van der Waals surface area contributed by atoms with Crippen LogP contribution >= 0.6 is 15.9 Å². The van der Waals surface area contributed by atoms with Gasteiger partial charge in [-0.25, -0.2) is 9.67 Å². The maximum Gasteiger partial charge on any atom is 0.157 e. The van der Waals surface area contributed by atoms with E-state index in [1.165, 1.54) is 0 Å². The molecule has 0 aliphatic carbocycles. The van der Waals surface area contributed by atoms with Crippen LogP contribution in [0.15, 0.2) is 35.1 Å². The number of nitrogens with zero attached hydrogens (tertiary/aromatic N) is 3. The smallest absolute Gasteiger partial charge is 0.157 e. The summed E-state index contributed by atoms with van der Waals surface area (Å²) in [6.45, 7) is 0. The zero-order valence-corrected chi connectivity index (χ0v) is 8.69. The summed E-state index contributed by atoms with van der Waals surface area (Å²) in [5.41, 5.74) is 1.07. The highest BCUT2D eigenvalue weighted by Gasteiger charge is 2.02. The molecule has 13 heavy (non-hydrogen) atoms. The predicted molar refractivity (Wildman–Crippen MR) is 54.1 cm³/mol. The van der Waals surface area contributed by atoms with Gasteiger partial charge in [0.1, 0.15) is 6.33 Å². The van der Waals surface area contributed by atoms with Crippen LogP contribution in [-0.4, -0.2) is 14.8 Å². The number of aryl methyl sites for hydroxylation is 1. The van der Waals surface area contributed by atoms with Gasteiger partial charge < -0.3 is 0 Å². The van der Waals surface area contributed by atoms with E-state index in [1.807, 2.05) is 31.3 Å².